The van der Waals surface area contributed by atoms with Gasteiger partial charge in [0.05, 0.1) is 48.9 Å². The van der Waals surface area contributed by atoms with Crippen LogP contribution in [-0.4, -0.2) is 37.6 Å². The first kappa shape index (κ1) is 26.5. The van der Waals surface area contributed by atoms with Crippen molar-refractivity contribution in [3.8, 4) is 11.1 Å². The molecule has 0 spiro atoms. The molecule has 0 bridgehead atoms. The lowest BCUT2D eigenvalue weighted by molar-refractivity contribution is -0.143. The lowest BCUT2D eigenvalue weighted by Gasteiger charge is -2.10. The third-order valence-electron chi connectivity index (χ3n) is 5.26. The maximum atomic E-state index is 11.9. The van der Waals surface area contributed by atoms with E-state index in [0.29, 0.717) is 11.4 Å². The van der Waals surface area contributed by atoms with Gasteiger partial charge in [-0.1, -0.05) is 36.4 Å². The van der Waals surface area contributed by atoms with Crippen LogP contribution in [0.3, 0.4) is 0 Å². The van der Waals surface area contributed by atoms with Crippen LogP contribution in [0.15, 0.2) is 82.8 Å². The molecule has 0 radical (unpaired) electrons. The van der Waals surface area contributed by atoms with Crippen molar-refractivity contribution < 1.29 is 19.1 Å². The molecule has 2 unspecified atom stereocenters. The number of benzene rings is 2. The summed E-state index contributed by atoms with van der Waals surface area (Å²) < 4.78 is 9.68. The Morgan fingerprint density at radius 3 is 1.26 bits per heavy atom. The predicted octanol–water partition coefficient (Wildman–Crippen LogP) is 6.27. The van der Waals surface area contributed by atoms with Gasteiger partial charge in [-0.2, -0.15) is 0 Å². The zero-order valence-electron chi connectivity index (χ0n) is 20.6. The minimum absolute atomic E-state index is 0.324. The highest BCUT2D eigenvalue weighted by Crippen LogP contribution is 2.26. The molecular weight excluding hydrogens is 428 g/mol. The number of aliphatic imine (C=N–C) groups is 2. The van der Waals surface area contributed by atoms with E-state index in [1.165, 1.54) is 14.2 Å². The summed E-state index contributed by atoms with van der Waals surface area (Å²) in [5, 5.41) is 0. The summed E-state index contributed by atoms with van der Waals surface area (Å²) in [5.41, 5.74) is 4.84. The van der Waals surface area contributed by atoms with Crippen LogP contribution < -0.4 is 0 Å². The first-order chi connectivity index (χ1) is 16.3. The smallest absolute Gasteiger partial charge is 0.314 e. The standard InChI is InChI=1S/C28H32N2O4/c1-7-9-25(19(3)27(31)33-5)29-23-15-11-21(12-16-23)22-13-17-24(18-14-22)30-26(10-8-2)20(4)28(32)34-6/h7-20H,1-6H3/b9-7-,10-8-,29-25?,30-26?. The molecule has 2 atom stereocenters. The van der Waals surface area contributed by atoms with Gasteiger partial charge in [-0.15, -0.1) is 0 Å². The summed E-state index contributed by atoms with van der Waals surface area (Å²) in [4.78, 5) is 33.0. The Labute approximate surface area is 201 Å². The van der Waals surface area contributed by atoms with Gasteiger partial charge in [0.1, 0.15) is 0 Å². The fourth-order valence-electron chi connectivity index (χ4n) is 3.25. The molecule has 0 aliphatic heterocycles. The molecule has 0 saturated heterocycles. The second kappa shape index (κ2) is 13.0. The SMILES string of the molecule is C/C=C\C(=Nc1ccc(-c2ccc(N=C(/C=C\C)C(C)C(=O)OC)cc2)cc1)C(C)C(=O)OC. The number of nitrogens with zero attached hydrogens (tertiary/aromatic N) is 2. The van der Waals surface area contributed by atoms with E-state index >= 15 is 0 Å². The molecule has 0 fully saturated rings. The van der Waals surface area contributed by atoms with Crippen LogP contribution in [0.5, 0.6) is 0 Å². The van der Waals surface area contributed by atoms with Gasteiger partial charge in [-0.3, -0.25) is 19.6 Å². The molecule has 0 N–H and O–H groups in total. The lowest BCUT2D eigenvalue weighted by atomic mass is 10.0. The van der Waals surface area contributed by atoms with Crippen molar-refractivity contribution >= 4 is 34.7 Å². The molecule has 0 heterocycles. The van der Waals surface area contributed by atoms with Crippen molar-refractivity contribution in [1.29, 1.82) is 0 Å². The van der Waals surface area contributed by atoms with E-state index in [1.807, 2.05) is 86.7 Å². The monoisotopic (exact) mass is 460 g/mol. The molecule has 34 heavy (non-hydrogen) atoms. The van der Waals surface area contributed by atoms with Crippen LogP contribution in [0.25, 0.3) is 11.1 Å². The molecule has 0 amide bonds. The second-order valence-corrected chi connectivity index (χ2v) is 7.66. The molecule has 2 aromatic carbocycles. The average Bonchev–Trinajstić information content (AvgIpc) is 2.87. The van der Waals surface area contributed by atoms with Crippen LogP contribution in [0, 0.1) is 11.8 Å². The highest BCUT2D eigenvalue weighted by Gasteiger charge is 2.19. The zero-order valence-corrected chi connectivity index (χ0v) is 20.6. The summed E-state index contributed by atoms with van der Waals surface area (Å²) in [7, 11) is 2.75. The number of allylic oxidation sites excluding steroid dienone is 4. The van der Waals surface area contributed by atoms with Gasteiger partial charge in [-0.05, 0) is 75.2 Å². The van der Waals surface area contributed by atoms with E-state index in [1.54, 1.807) is 13.8 Å². The van der Waals surface area contributed by atoms with Crippen molar-refractivity contribution in [2.45, 2.75) is 27.7 Å². The van der Waals surface area contributed by atoms with E-state index in [0.717, 1.165) is 22.5 Å². The number of esters is 2. The van der Waals surface area contributed by atoms with Gasteiger partial charge in [0.15, 0.2) is 0 Å². The largest absolute Gasteiger partial charge is 0.469 e. The minimum atomic E-state index is -0.455. The number of hydrogen-bond acceptors (Lipinski definition) is 6. The summed E-state index contributed by atoms with van der Waals surface area (Å²) in [6, 6.07) is 15.6. The quantitative estimate of drug-likeness (QED) is 0.326. The molecule has 0 aliphatic rings. The van der Waals surface area contributed by atoms with E-state index in [2.05, 4.69) is 9.98 Å². The predicted molar refractivity (Wildman–Crippen MR) is 138 cm³/mol. The van der Waals surface area contributed by atoms with E-state index < -0.39 is 11.8 Å². The Balaban J connectivity index is 2.26. The molecule has 0 saturated carbocycles. The third-order valence-corrected chi connectivity index (χ3v) is 5.26. The Morgan fingerprint density at radius 1 is 0.676 bits per heavy atom. The van der Waals surface area contributed by atoms with E-state index in [9.17, 15) is 9.59 Å². The Hall–Kier alpha value is -3.80. The number of rotatable bonds is 9. The molecule has 2 aromatic rings. The lowest BCUT2D eigenvalue weighted by Crippen LogP contribution is -2.20. The summed E-state index contributed by atoms with van der Waals surface area (Å²) >= 11 is 0. The van der Waals surface area contributed by atoms with E-state index in [4.69, 9.17) is 9.47 Å². The number of carbonyl (C=O) groups is 2. The first-order valence-corrected chi connectivity index (χ1v) is 11.1. The van der Waals surface area contributed by atoms with Crippen LogP contribution >= 0.6 is 0 Å². The molecule has 6 heteroatoms. The maximum absolute atomic E-state index is 11.9. The molecule has 178 valence electrons. The number of ether oxygens (including phenoxy) is 2. The number of hydrogen-bond donors (Lipinski definition) is 0. The van der Waals surface area contributed by atoms with Gasteiger partial charge in [0, 0.05) is 0 Å². The van der Waals surface area contributed by atoms with Gasteiger partial charge in [0.25, 0.3) is 0 Å². The summed E-state index contributed by atoms with van der Waals surface area (Å²) in [5.74, 6) is -1.56. The van der Waals surface area contributed by atoms with Crippen molar-refractivity contribution in [3.05, 3.63) is 72.8 Å². The molecule has 2 rings (SSSR count). The molecular formula is C28H32N2O4. The molecule has 6 nitrogen and oxygen atoms in total. The topological polar surface area (TPSA) is 77.3 Å². The maximum Gasteiger partial charge on any atom is 0.314 e. The highest BCUT2D eigenvalue weighted by atomic mass is 16.5. The van der Waals surface area contributed by atoms with Crippen LogP contribution in [0.2, 0.25) is 0 Å². The third kappa shape index (κ3) is 7.10. The zero-order chi connectivity index (χ0) is 25.1. The van der Waals surface area contributed by atoms with Gasteiger partial charge >= 0.3 is 11.9 Å². The molecule has 0 aliphatic carbocycles. The summed E-state index contributed by atoms with van der Waals surface area (Å²) in [6.45, 7) is 7.31. The van der Waals surface area contributed by atoms with E-state index in [-0.39, 0.29) is 11.9 Å². The van der Waals surface area contributed by atoms with Gasteiger partial charge in [-0.25, -0.2) is 0 Å². The Kier molecular flexibility index (Phi) is 10.1. The normalized spacial score (nSPS) is 14.3. The fraction of sp³-hybridized carbons (Fsp3) is 0.286. The van der Waals surface area contributed by atoms with Crippen molar-refractivity contribution in [2.75, 3.05) is 14.2 Å². The highest BCUT2D eigenvalue weighted by molar-refractivity contribution is 6.09. The minimum Gasteiger partial charge on any atom is -0.469 e. The molecule has 0 aromatic heterocycles. The number of carbonyl (C=O) groups excluding carboxylic acids is 2. The van der Waals surface area contributed by atoms with Crippen molar-refractivity contribution in [2.24, 2.45) is 21.8 Å². The number of methoxy groups -OCH3 is 2. The first-order valence-electron chi connectivity index (χ1n) is 11.1. The second-order valence-electron chi connectivity index (χ2n) is 7.66. The Morgan fingerprint density at radius 2 is 1.00 bits per heavy atom. The van der Waals surface area contributed by atoms with Gasteiger partial charge in [0.2, 0.25) is 0 Å². The van der Waals surface area contributed by atoms with Crippen LogP contribution in [-0.2, 0) is 19.1 Å². The van der Waals surface area contributed by atoms with Crippen LogP contribution in [0.1, 0.15) is 27.7 Å². The fourth-order valence-corrected chi connectivity index (χ4v) is 3.25. The average molecular weight is 461 g/mol. The Bertz CT molecular complexity index is 1000. The van der Waals surface area contributed by atoms with Crippen molar-refractivity contribution in [3.63, 3.8) is 0 Å². The van der Waals surface area contributed by atoms with Crippen molar-refractivity contribution in [1.82, 2.24) is 0 Å². The van der Waals surface area contributed by atoms with Gasteiger partial charge < -0.3 is 9.47 Å². The van der Waals surface area contributed by atoms with Crippen LogP contribution in [0.4, 0.5) is 11.4 Å². The summed E-state index contributed by atoms with van der Waals surface area (Å²) in [6.07, 6.45) is 7.34.